The fourth-order valence-corrected chi connectivity index (χ4v) is 1.37. The Morgan fingerprint density at radius 3 is 2.27 bits per heavy atom. The Labute approximate surface area is 77.1 Å². The maximum atomic E-state index is 5.94. The van der Waals surface area contributed by atoms with Gasteiger partial charge in [-0.25, -0.2) is 0 Å². The van der Waals surface area contributed by atoms with Gasteiger partial charge in [0.15, 0.2) is 0 Å². The van der Waals surface area contributed by atoms with Crippen LogP contribution >= 0.6 is 23.2 Å². The first-order valence-corrected chi connectivity index (χ1v) is 4.06. The molecule has 0 amide bonds. The van der Waals surface area contributed by atoms with Crippen molar-refractivity contribution < 1.29 is 0 Å². The molecule has 0 nitrogen and oxygen atoms in total. The highest BCUT2D eigenvalue weighted by Crippen LogP contribution is 2.29. The zero-order valence-corrected chi connectivity index (χ0v) is 8.05. The Bertz CT molecular complexity index is 264. The van der Waals surface area contributed by atoms with Crippen molar-refractivity contribution in [3.63, 3.8) is 0 Å². The van der Waals surface area contributed by atoms with Crippen molar-refractivity contribution in [2.75, 3.05) is 0 Å². The first-order chi connectivity index (χ1) is 5.04. The van der Waals surface area contributed by atoms with Gasteiger partial charge in [-0.05, 0) is 37.5 Å². The molecule has 1 radical (unpaired) electrons. The van der Waals surface area contributed by atoms with E-state index in [2.05, 4.69) is 6.92 Å². The lowest BCUT2D eigenvalue weighted by Gasteiger charge is -2.06. The van der Waals surface area contributed by atoms with E-state index < -0.39 is 0 Å². The Kier molecular flexibility index (Phi) is 2.46. The molecule has 59 valence electrons. The number of benzene rings is 1. The summed E-state index contributed by atoms with van der Waals surface area (Å²) in [5, 5.41) is 1.41. The van der Waals surface area contributed by atoms with Gasteiger partial charge in [-0.2, -0.15) is 0 Å². The highest BCUT2D eigenvalue weighted by molar-refractivity contribution is 6.36. The number of rotatable bonds is 0. The van der Waals surface area contributed by atoms with Crippen LogP contribution in [-0.4, -0.2) is 0 Å². The summed E-state index contributed by atoms with van der Waals surface area (Å²) in [4.78, 5) is 0. The zero-order valence-electron chi connectivity index (χ0n) is 6.54. The third kappa shape index (κ3) is 1.52. The number of hydrogen-bond donors (Lipinski definition) is 0. The molecule has 0 saturated heterocycles. The molecular weight excluding hydrogens is 179 g/mol. The van der Waals surface area contributed by atoms with Gasteiger partial charge in [-0.3, -0.25) is 0 Å². The minimum absolute atomic E-state index is 0.667. The van der Waals surface area contributed by atoms with Crippen LogP contribution < -0.4 is 0 Å². The van der Waals surface area contributed by atoms with E-state index in [4.69, 9.17) is 23.2 Å². The van der Waals surface area contributed by atoms with Crippen LogP contribution in [0.15, 0.2) is 6.07 Å². The van der Waals surface area contributed by atoms with Gasteiger partial charge in [0.1, 0.15) is 0 Å². The molecule has 1 rings (SSSR count). The smallest absolute Gasteiger partial charge is 0.0482 e. The van der Waals surface area contributed by atoms with E-state index in [1.54, 1.807) is 0 Å². The molecule has 1 aromatic carbocycles. The van der Waals surface area contributed by atoms with Gasteiger partial charge in [-0.1, -0.05) is 29.3 Å². The lowest BCUT2D eigenvalue weighted by Crippen LogP contribution is -1.86. The van der Waals surface area contributed by atoms with Crippen LogP contribution in [-0.2, 0) is 0 Å². The molecule has 0 unspecified atom stereocenters. The maximum Gasteiger partial charge on any atom is 0.0482 e. The summed E-state index contributed by atoms with van der Waals surface area (Å²) in [6.45, 7) is 7.63. The molecule has 0 saturated carbocycles. The molecule has 0 spiro atoms. The third-order valence-electron chi connectivity index (χ3n) is 1.68. The summed E-state index contributed by atoms with van der Waals surface area (Å²) in [7, 11) is 0. The van der Waals surface area contributed by atoms with E-state index in [1.807, 2.05) is 19.9 Å². The average Bonchev–Trinajstić information content (AvgIpc) is 1.97. The van der Waals surface area contributed by atoms with Crippen LogP contribution in [0.1, 0.15) is 16.7 Å². The van der Waals surface area contributed by atoms with Gasteiger partial charge in [-0.15, -0.1) is 0 Å². The van der Waals surface area contributed by atoms with Crippen molar-refractivity contribution in [3.05, 3.63) is 39.7 Å². The largest absolute Gasteiger partial charge is 0.0837 e. The highest BCUT2D eigenvalue weighted by atomic mass is 35.5. The van der Waals surface area contributed by atoms with Crippen molar-refractivity contribution in [2.24, 2.45) is 0 Å². The fourth-order valence-electron chi connectivity index (χ4n) is 1.02. The van der Waals surface area contributed by atoms with Crippen LogP contribution in [0.25, 0.3) is 0 Å². The summed E-state index contributed by atoms with van der Waals surface area (Å²) in [6.07, 6.45) is 0. The monoisotopic (exact) mass is 187 g/mol. The van der Waals surface area contributed by atoms with E-state index in [0.29, 0.717) is 5.02 Å². The van der Waals surface area contributed by atoms with Crippen LogP contribution in [0.5, 0.6) is 0 Å². The lowest BCUT2D eigenvalue weighted by atomic mass is 10.1. The average molecular weight is 188 g/mol. The Morgan fingerprint density at radius 2 is 1.73 bits per heavy atom. The van der Waals surface area contributed by atoms with Crippen molar-refractivity contribution in [1.29, 1.82) is 0 Å². The van der Waals surface area contributed by atoms with E-state index in [9.17, 15) is 0 Å². The number of aryl methyl sites for hydroxylation is 1. The minimum atomic E-state index is 0.667. The minimum Gasteiger partial charge on any atom is -0.0837 e. The topological polar surface area (TPSA) is 0 Å². The molecule has 11 heavy (non-hydrogen) atoms. The van der Waals surface area contributed by atoms with Crippen LogP contribution in [0.4, 0.5) is 0 Å². The molecule has 0 aliphatic heterocycles. The number of hydrogen-bond acceptors (Lipinski definition) is 0. The van der Waals surface area contributed by atoms with Gasteiger partial charge in [0.2, 0.25) is 0 Å². The Balaban J connectivity index is 3.46. The van der Waals surface area contributed by atoms with Crippen molar-refractivity contribution >= 4 is 23.2 Å². The summed E-state index contributed by atoms with van der Waals surface area (Å²) in [5.74, 6) is 0. The quantitative estimate of drug-likeness (QED) is 0.580. The normalized spacial score (nSPS) is 10.3. The third-order valence-corrected chi connectivity index (χ3v) is 2.79. The van der Waals surface area contributed by atoms with Crippen molar-refractivity contribution in [1.82, 2.24) is 0 Å². The summed E-state index contributed by atoms with van der Waals surface area (Å²) in [5.41, 5.74) is 2.78. The van der Waals surface area contributed by atoms with Gasteiger partial charge < -0.3 is 0 Å². The molecule has 0 atom stereocenters. The molecule has 0 heterocycles. The van der Waals surface area contributed by atoms with Crippen LogP contribution in [0.3, 0.4) is 0 Å². The van der Waals surface area contributed by atoms with Crippen LogP contribution in [0, 0.1) is 20.8 Å². The predicted molar refractivity (Wildman–Crippen MR) is 50.4 cm³/mol. The standard InChI is InChI=1S/C9H9Cl2/c1-5-4-6(2)9(11)7(3)8(5)10/h4H,1H2,2-3H3. The maximum absolute atomic E-state index is 5.94. The zero-order chi connectivity index (χ0) is 8.59. The van der Waals surface area contributed by atoms with Crippen molar-refractivity contribution in [2.45, 2.75) is 13.8 Å². The summed E-state index contributed by atoms with van der Waals surface area (Å²) < 4.78 is 0. The second-order valence-corrected chi connectivity index (χ2v) is 3.36. The van der Waals surface area contributed by atoms with E-state index in [0.717, 1.165) is 21.7 Å². The van der Waals surface area contributed by atoms with E-state index in [1.165, 1.54) is 0 Å². The Hall–Kier alpha value is -0.200. The van der Waals surface area contributed by atoms with Gasteiger partial charge >= 0.3 is 0 Å². The fraction of sp³-hybridized carbons (Fsp3) is 0.222. The van der Waals surface area contributed by atoms with Gasteiger partial charge in [0.05, 0.1) is 0 Å². The SMILES string of the molecule is [CH2]c1cc(C)c(Cl)c(C)c1Cl. The Morgan fingerprint density at radius 1 is 1.18 bits per heavy atom. The lowest BCUT2D eigenvalue weighted by molar-refractivity contribution is 1.36. The molecule has 2 heteroatoms. The second-order valence-electron chi connectivity index (χ2n) is 2.61. The molecule has 0 N–H and O–H groups in total. The van der Waals surface area contributed by atoms with E-state index >= 15 is 0 Å². The predicted octanol–water partition coefficient (Wildman–Crippen LogP) is 3.79. The van der Waals surface area contributed by atoms with E-state index in [-0.39, 0.29) is 0 Å². The first kappa shape index (κ1) is 8.89. The molecule has 1 aromatic rings. The summed E-state index contributed by atoms with van der Waals surface area (Å²) >= 11 is 11.9. The van der Waals surface area contributed by atoms with Gasteiger partial charge in [0, 0.05) is 10.0 Å². The number of halogens is 2. The molecule has 0 aliphatic carbocycles. The van der Waals surface area contributed by atoms with Crippen molar-refractivity contribution in [3.8, 4) is 0 Å². The molecular formula is C9H9Cl2. The molecule has 0 aliphatic rings. The molecule has 0 fully saturated rings. The molecule has 0 bridgehead atoms. The highest BCUT2D eigenvalue weighted by Gasteiger charge is 2.06. The van der Waals surface area contributed by atoms with Gasteiger partial charge in [0.25, 0.3) is 0 Å². The molecule has 0 aromatic heterocycles. The second kappa shape index (κ2) is 3.04. The van der Waals surface area contributed by atoms with Crippen LogP contribution in [0.2, 0.25) is 10.0 Å². The first-order valence-electron chi connectivity index (χ1n) is 3.31. The summed E-state index contributed by atoms with van der Waals surface area (Å²) in [6, 6.07) is 1.89.